The lowest BCUT2D eigenvalue weighted by Crippen LogP contribution is -2.49. The van der Waals surface area contributed by atoms with Crippen molar-refractivity contribution in [1.82, 2.24) is 14.9 Å². The van der Waals surface area contributed by atoms with Crippen LogP contribution in [0.3, 0.4) is 0 Å². The molecule has 0 radical (unpaired) electrons. The number of carbonyl (C=O) groups is 2. The summed E-state index contributed by atoms with van der Waals surface area (Å²) in [5, 5.41) is 22.7. The van der Waals surface area contributed by atoms with Gasteiger partial charge in [-0.3, -0.25) is 14.9 Å². The number of hydrogen-bond donors (Lipinski definition) is 3. The quantitative estimate of drug-likeness (QED) is 0.536. The van der Waals surface area contributed by atoms with E-state index in [4.69, 9.17) is 23.2 Å². The van der Waals surface area contributed by atoms with Crippen molar-refractivity contribution in [3.63, 3.8) is 0 Å². The summed E-state index contributed by atoms with van der Waals surface area (Å²) in [5.74, 6) is -2.07. The molecule has 3 N–H and O–H groups in total. The molecule has 0 fully saturated rings. The Morgan fingerprint density at radius 3 is 2.25 bits per heavy atom. The first kappa shape index (κ1) is 22.2. The molecule has 28 heavy (non-hydrogen) atoms. The van der Waals surface area contributed by atoms with Gasteiger partial charge in [0.25, 0.3) is 0 Å². The number of benzene rings is 1. The number of carboxylic acids is 2. The smallest absolute Gasteiger partial charge is 0.321 e. The van der Waals surface area contributed by atoms with Crippen LogP contribution in [0, 0.1) is 5.92 Å². The maximum atomic E-state index is 11.7. The van der Waals surface area contributed by atoms with E-state index in [0.29, 0.717) is 28.7 Å². The van der Waals surface area contributed by atoms with E-state index in [9.17, 15) is 19.8 Å². The number of rotatable bonds is 10. The zero-order chi connectivity index (χ0) is 20.8. The lowest BCUT2D eigenvalue weighted by molar-refractivity contribution is -0.142. The molecule has 9 heteroatoms. The van der Waals surface area contributed by atoms with E-state index >= 15 is 0 Å². The minimum Gasteiger partial charge on any atom is -0.480 e. The zero-order valence-corrected chi connectivity index (χ0v) is 17.1. The Balaban J connectivity index is 2.17. The number of nitrogens with zero attached hydrogens (tertiary/aromatic N) is 2. The Hall–Kier alpha value is -2.09. The van der Waals surface area contributed by atoms with Gasteiger partial charge in [-0.25, -0.2) is 4.98 Å². The van der Waals surface area contributed by atoms with Crippen molar-refractivity contribution >= 4 is 35.1 Å². The Kier molecular flexibility index (Phi) is 7.86. The van der Waals surface area contributed by atoms with Gasteiger partial charge in [-0.05, 0) is 36.1 Å². The lowest BCUT2D eigenvalue weighted by Gasteiger charge is -2.22. The van der Waals surface area contributed by atoms with Crippen LogP contribution in [-0.2, 0) is 22.6 Å². The number of aliphatic carboxylic acids is 2. The van der Waals surface area contributed by atoms with E-state index in [0.717, 1.165) is 5.56 Å². The second-order valence-corrected chi connectivity index (χ2v) is 7.95. The topological polar surface area (TPSA) is 104 Å². The molecule has 2 atom stereocenters. The fourth-order valence-electron chi connectivity index (χ4n) is 2.94. The average Bonchev–Trinajstić information content (AvgIpc) is 2.98. The molecule has 2 rings (SSSR count). The molecule has 7 nitrogen and oxygen atoms in total. The van der Waals surface area contributed by atoms with Crippen molar-refractivity contribution in [2.45, 2.75) is 45.3 Å². The molecule has 1 aromatic carbocycles. The van der Waals surface area contributed by atoms with Gasteiger partial charge in [0.15, 0.2) is 0 Å². The third kappa shape index (κ3) is 6.51. The molecular formula is C19H23Cl2N3O4. The number of halogens is 2. The minimum atomic E-state index is -1.12. The van der Waals surface area contributed by atoms with Crippen LogP contribution in [0.25, 0.3) is 0 Å². The summed E-state index contributed by atoms with van der Waals surface area (Å²) in [4.78, 5) is 27.3. The van der Waals surface area contributed by atoms with Crippen molar-refractivity contribution < 1.29 is 19.8 Å². The Bertz CT molecular complexity index is 818. The van der Waals surface area contributed by atoms with Gasteiger partial charge < -0.3 is 14.8 Å². The predicted octanol–water partition coefficient (Wildman–Crippen LogP) is 3.32. The van der Waals surface area contributed by atoms with Crippen LogP contribution < -0.4 is 5.32 Å². The van der Waals surface area contributed by atoms with E-state index in [2.05, 4.69) is 10.3 Å². The normalized spacial score (nSPS) is 13.5. The lowest BCUT2D eigenvalue weighted by atomic mass is 10.0. The number of aromatic nitrogens is 2. The predicted molar refractivity (Wildman–Crippen MR) is 107 cm³/mol. The summed E-state index contributed by atoms with van der Waals surface area (Å²) < 4.78 is 1.79. The molecule has 0 saturated carbocycles. The van der Waals surface area contributed by atoms with Gasteiger partial charge in [-0.15, -0.1) is 0 Å². The highest BCUT2D eigenvalue weighted by Crippen LogP contribution is 2.20. The Labute approximate surface area is 173 Å². The van der Waals surface area contributed by atoms with Gasteiger partial charge in [0, 0.05) is 34.9 Å². The number of hydrogen-bond acceptors (Lipinski definition) is 4. The molecule has 0 aliphatic rings. The largest absolute Gasteiger partial charge is 0.480 e. The van der Waals surface area contributed by atoms with Gasteiger partial charge in [-0.1, -0.05) is 37.0 Å². The van der Waals surface area contributed by atoms with Gasteiger partial charge in [0.1, 0.15) is 12.1 Å². The van der Waals surface area contributed by atoms with E-state index in [1.54, 1.807) is 35.3 Å². The molecule has 0 bridgehead atoms. The molecule has 1 heterocycles. The summed E-state index contributed by atoms with van der Waals surface area (Å²) in [5.41, 5.74) is 1.50. The number of carboxylic acid groups (broad SMARTS) is 2. The molecule has 1 unspecified atom stereocenters. The molecule has 2 aromatic rings. The van der Waals surface area contributed by atoms with Crippen LogP contribution in [0.15, 0.2) is 30.7 Å². The summed E-state index contributed by atoms with van der Waals surface area (Å²) in [7, 11) is 0. The summed E-state index contributed by atoms with van der Waals surface area (Å²) in [6.45, 7) is 4.19. The maximum absolute atomic E-state index is 11.7. The highest BCUT2D eigenvalue weighted by Gasteiger charge is 2.27. The first-order valence-corrected chi connectivity index (χ1v) is 9.57. The van der Waals surface area contributed by atoms with E-state index in [1.165, 1.54) is 0 Å². The minimum absolute atomic E-state index is 0.0888. The summed E-state index contributed by atoms with van der Waals surface area (Å²) in [6.07, 6.45) is 3.58. The van der Waals surface area contributed by atoms with Gasteiger partial charge in [0.2, 0.25) is 0 Å². The number of nitrogens with one attached hydrogen (secondary N) is 1. The van der Waals surface area contributed by atoms with Crippen LogP contribution in [0.4, 0.5) is 0 Å². The monoisotopic (exact) mass is 427 g/mol. The van der Waals surface area contributed by atoms with E-state index in [-0.39, 0.29) is 12.3 Å². The third-order valence-corrected chi connectivity index (χ3v) is 4.63. The van der Waals surface area contributed by atoms with Crippen LogP contribution in [-0.4, -0.2) is 43.8 Å². The van der Waals surface area contributed by atoms with Gasteiger partial charge in [0.05, 0.1) is 6.33 Å². The maximum Gasteiger partial charge on any atom is 0.321 e. The molecule has 0 aliphatic carbocycles. The SMILES string of the molecule is CC(C)C[C@H](NC(Cc1cncn1Cc1cc(Cl)cc(Cl)c1)C(=O)O)C(=O)O. The van der Waals surface area contributed by atoms with Crippen molar-refractivity contribution in [2.24, 2.45) is 5.92 Å². The fraction of sp³-hybridized carbons (Fsp3) is 0.421. The van der Waals surface area contributed by atoms with Crippen molar-refractivity contribution in [2.75, 3.05) is 0 Å². The second kappa shape index (κ2) is 9.91. The fourth-order valence-corrected chi connectivity index (χ4v) is 3.51. The van der Waals surface area contributed by atoms with Crippen molar-refractivity contribution in [3.8, 4) is 0 Å². The highest BCUT2D eigenvalue weighted by molar-refractivity contribution is 6.34. The van der Waals surface area contributed by atoms with E-state index in [1.807, 2.05) is 13.8 Å². The molecule has 1 aromatic heterocycles. The summed E-state index contributed by atoms with van der Waals surface area (Å²) >= 11 is 12.1. The first-order valence-electron chi connectivity index (χ1n) is 8.81. The molecule has 0 amide bonds. The van der Waals surface area contributed by atoms with Crippen LogP contribution in [0.1, 0.15) is 31.5 Å². The molecule has 152 valence electrons. The molecular weight excluding hydrogens is 405 g/mol. The number of imidazole rings is 1. The molecule has 0 aliphatic heterocycles. The highest BCUT2D eigenvalue weighted by atomic mass is 35.5. The average molecular weight is 428 g/mol. The van der Waals surface area contributed by atoms with Gasteiger partial charge in [-0.2, -0.15) is 0 Å². The van der Waals surface area contributed by atoms with Crippen molar-refractivity contribution in [3.05, 3.63) is 52.0 Å². The first-order chi connectivity index (χ1) is 13.2. The standard InChI is InChI=1S/C19H23Cl2N3O4/c1-11(2)3-16(18(25)26)23-17(19(27)28)7-15-8-22-10-24(15)9-12-4-13(20)6-14(21)5-12/h4-6,8,10-11,16-17,23H,3,7,9H2,1-2H3,(H,25,26)(H,27,28)/t16-,17?/m0/s1. The van der Waals surface area contributed by atoms with E-state index < -0.39 is 24.0 Å². The van der Waals surface area contributed by atoms with Crippen molar-refractivity contribution in [1.29, 1.82) is 0 Å². The summed E-state index contributed by atoms with van der Waals surface area (Å²) in [6, 6.07) is 3.18. The van der Waals surface area contributed by atoms with Crippen LogP contribution in [0.2, 0.25) is 10.0 Å². The van der Waals surface area contributed by atoms with Crippen LogP contribution in [0.5, 0.6) is 0 Å². The Morgan fingerprint density at radius 2 is 1.71 bits per heavy atom. The third-order valence-electron chi connectivity index (χ3n) is 4.19. The van der Waals surface area contributed by atoms with Crippen LogP contribution >= 0.6 is 23.2 Å². The van der Waals surface area contributed by atoms with Gasteiger partial charge >= 0.3 is 11.9 Å². The molecule has 0 spiro atoms. The second-order valence-electron chi connectivity index (χ2n) is 7.07. The molecule has 0 saturated heterocycles. The Morgan fingerprint density at radius 1 is 1.11 bits per heavy atom. The zero-order valence-electron chi connectivity index (χ0n) is 15.6.